The molecule has 1 atom stereocenters. The van der Waals surface area contributed by atoms with Crippen molar-refractivity contribution in [2.75, 3.05) is 18.7 Å². The summed E-state index contributed by atoms with van der Waals surface area (Å²) in [6, 6.07) is 7.28. The molecule has 1 aromatic rings. The zero-order chi connectivity index (χ0) is 10.1. The summed E-state index contributed by atoms with van der Waals surface area (Å²) in [4.78, 5) is 11.6. The topological polar surface area (TPSA) is 52.6 Å². The minimum Gasteiger partial charge on any atom is -0.319 e. The number of nitrogens with one attached hydrogen (secondary N) is 1. The number of rotatable bonds is 2. The van der Waals surface area contributed by atoms with E-state index in [1.54, 1.807) is 19.2 Å². The van der Waals surface area contributed by atoms with Crippen LogP contribution in [0.2, 0.25) is 0 Å². The largest absolute Gasteiger partial charge is 0.319 e. The molecular formula is C10H12N2O2. The first-order valence-corrected chi connectivity index (χ1v) is 4.52. The van der Waals surface area contributed by atoms with Gasteiger partial charge in [0.25, 0.3) is 5.91 Å². The van der Waals surface area contributed by atoms with Gasteiger partial charge in [-0.2, -0.15) is 5.06 Å². The predicted octanol–water partition coefficient (Wildman–Crippen LogP) is 0.725. The Morgan fingerprint density at radius 3 is 2.93 bits per heavy atom. The maximum absolute atomic E-state index is 11.6. The van der Waals surface area contributed by atoms with E-state index in [0.717, 1.165) is 10.6 Å². The molecule has 1 unspecified atom stereocenters. The van der Waals surface area contributed by atoms with Crippen LogP contribution in [0.3, 0.4) is 0 Å². The van der Waals surface area contributed by atoms with Crippen molar-refractivity contribution in [3.05, 3.63) is 29.8 Å². The zero-order valence-electron chi connectivity index (χ0n) is 7.90. The fraction of sp³-hybridized carbons (Fsp3) is 0.300. The lowest BCUT2D eigenvalue weighted by atomic mass is 10.0. The Kier molecular flexibility index (Phi) is 2.23. The van der Waals surface area contributed by atoms with Crippen LogP contribution < -0.4 is 10.4 Å². The number of amides is 1. The number of anilines is 1. The summed E-state index contributed by atoms with van der Waals surface area (Å²) in [7, 11) is 1.79. The molecule has 4 nitrogen and oxygen atoms in total. The van der Waals surface area contributed by atoms with E-state index in [1.807, 2.05) is 12.1 Å². The van der Waals surface area contributed by atoms with Crippen LogP contribution in [-0.2, 0) is 4.79 Å². The normalized spacial score (nSPS) is 20.0. The van der Waals surface area contributed by atoms with E-state index < -0.39 is 0 Å². The first-order valence-electron chi connectivity index (χ1n) is 4.52. The lowest BCUT2D eigenvalue weighted by molar-refractivity contribution is -0.123. The van der Waals surface area contributed by atoms with E-state index in [4.69, 9.17) is 0 Å². The first-order chi connectivity index (χ1) is 6.75. The maximum atomic E-state index is 11.6. The van der Waals surface area contributed by atoms with Gasteiger partial charge in [-0.1, -0.05) is 18.2 Å². The number of hydroxylamine groups is 1. The van der Waals surface area contributed by atoms with Crippen LogP contribution in [0.5, 0.6) is 0 Å². The van der Waals surface area contributed by atoms with Gasteiger partial charge < -0.3 is 5.32 Å². The molecule has 1 aromatic carbocycles. The summed E-state index contributed by atoms with van der Waals surface area (Å²) in [5, 5.41) is 13.2. The van der Waals surface area contributed by atoms with Gasteiger partial charge in [0, 0.05) is 6.54 Å². The van der Waals surface area contributed by atoms with Crippen molar-refractivity contribution in [2.45, 2.75) is 5.92 Å². The fourth-order valence-corrected chi connectivity index (χ4v) is 1.78. The average Bonchev–Trinajstić information content (AvgIpc) is 2.45. The Labute approximate surface area is 82.1 Å². The first kappa shape index (κ1) is 9.18. The Morgan fingerprint density at radius 1 is 1.50 bits per heavy atom. The highest BCUT2D eigenvalue weighted by molar-refractivity contribution is 6.03. The van der Waals surface area contributed by atoms with E-state index in [-0.39, 0.29) is 11.8 Å². The van der Waals surface area contributed by atoms with Gasteiger partial charge >= 0.3 is 0 Å². The molecule has 1 heterocycles. The maximum Gasteiger partial charge on any atom is 0.259 e. The van der Waals surface area contributed by atoms with Crippen LogP contribution in [0.1, 0.15) is 11.5 Å². The quantitative estimate of drug-likeness (QED) is 0.679. The predicted molar refractivity (Wildman–Crippen MR) is 52.4 cm³/mol. The van der Waals surface area contributed by atoms with Gasteiger partial charge in [0.15, 0.2) is 0 Å². The molecule has 14 heavy (non-hydrogen) atoms. The van der Waals surface area contributed by atoms with Crippen LogP contribution in [0.15, 0.2) is 24.3 Å². The molecule has 0 radical (unpaired) electrons. The number of carbonyl (C=O) groups excluding carboxylic acids is 1. The molecule has 2 N–H and O–H groups in total. The number of hydrogen-bond acceptors (Lipinski definition) is 3. The minimum absolute atomic E-state index is 0.263. The highest BCUT2D eigenvalue weighted by Gasteiger charge is 2.35. The number of nitrogens with zero attached hydrogens (tertiary/aromatic N) is 1. The molecule has 4 heteroatoms. The number of para-hydroxylation sites is 1. The van der Waals surface area contributed by atoms with Gasteiger partial charge in [0.05, 0.1) is 11.6 Å². The molecule has 0 aliphatic carbocycles. The number of benzene rings is 1. The van der Waals surface area contributed by atoms with Crippen LogP contribution in [0.25, 0.3) is 0 Å². The third-order valence-electron chi connectivity index (χ3n) is 2.46. The summed E-state index contributed by atoms with van der Waals surface area (Å²) < 4.78 is 0. The summed E-state index contributed by atoms with van der Waals surface area (Å²) in [6.45, 7) is 0.549. The summed E-state index contributed by atoms with van der Waals surface area (Å²) in [5.41, 5.74) is 1.48. The standard InChI is InChI=1S/C10H12N2O2/c1-11-6-8-7-4-2-3-5-9(7)12(14)10(8)13/h2-5,8,11,14H,6H2,1H3. The summed E-state index contributed by atoms with van der Waals surface area (Å²) in [6.07, 6.45) is 0. The lowest BCUT2D eigenvalue weighted by Crippen LogP contribution is -2.29. The molecule has 2 rings (SSSR count). The molecule has 0 spiro atoms. The molecule has 0 fully saturated rings. The Bertz CT molecular complexity index is 365. The second-order valence-electron chi connectivity index (χ2n) is 3.32. The van der Waals surface area contributed by atoms with Gasteiger partial charge in [-0.05, 0) is 18.7 Å². The van der Waals surface area contributed by atoms with Crippen molar-refractivity contribution in [3.63, 3.8) is 0 Å². The molecule has 0 saturated heterocycles. The Hall–Kier alpha value is -1.39. The van der Waals surface area contributed by atoms with E-state index >= 15 is 0 Å². The molecule has 0 aromatic heterocycles. The third-order valence-corrected chi connectivity index (χ3v) is 2.46. The highest BCUT2D eigenvalue weighted by atomic mass is 16.5. The fourth-order valence-electron chi connectivity index (χ4n) is 1.78. The van der Waals surface area contributed by atoms with E-state index in [9.17, 15) is 10.0 Å². The van der Waals surface area contributed by atoms with Gasteiger partial charge in [0.2, 0.25) is 0 Å². The smallest absolute Gasteiger partial charge is 0.259 e. The molecule has 1 aliphatic rings. The van der Waals surface area contributed by atoms with Crippen molar-refractivity contribution < 1.29 is 10.0 Å². The Balaban J connectivity index is 2.42. The molecule has 1 amide bonds. The SMILES string of the molecule is CNCC1C(=O)N(O)c2ccccc21. The second kappa shape index (κ2) is 3.40. The molecular weight excluding hydrogens is 180 g/mol. The monoisotopic (exact) mass is 192 g/mol. The van der Waals surface area contributed by atoms with E-state index in [2.05, 4.69) is 5.32 Å². The average molecular weight is 192 g/mol. The highest BCUT2D eigenvalue weighted by Crippen LogP contribution is 2.35. The van der Waals surface area contributed by atoms with Gasteiger partial charge in [-0.25, -0.2) is 0 Å². The minimum atomic E-state index is -0.263. The molecule has 1 aliphatic heterocycles. The Morgan fingerprint density at radius 2 is 2.21 bits per heavy atom. The van der Waals surface area contributed by atoms with Gasteiger partial charge in [-0.15, -0.1) is 0 Å². The second-order valence-corrected chi connectivity index (χ2v) is 3.32. The van der Waals surface area contributed by atoms with E-state index in [0.29, 0.717) is 12.2 Å². The van der Waals surface area contributed by atoms with Gasteiger partial charge in [-0.3, -0.25) is 10.0 Å². The van der Waals surface area contributed by atoms with Crippen molar-refractivity contribution >= 4 is 11.6 Å². The molecule has 74 valence electrons. The van der Waals surface area contributed by atoms with Crippen LogP contribution in [-0.4, -0.2) is 24.7 Å². The van der Waals surface area contributed by atoms with Crippen LogP contribution in [0.4, 0.5) is 5.69 Å². The van der Waals surface area contributed by atoms with Crippen molar-refractivity contribution in [3.8, 4) is 0 Å². The van der Waals surface area contributed by atoms with Crippen molar-refractivity contribution in [2.24, 2.45) is 0 Å². The number of fused-ring (bicyclic) bond motifs is 1. The number of carbonyl (C=O) groups is 1. The van der Waals surface area contributed by atoms with Crippen molar-refractivity contribution in [1.29, 1.82) is 0 Å². The van der Waals surface area contributed by atoms with Crippen LogP contribution in [0, 0.1) is 0 Å². The molecule has 0 saturated carbocycles. The zero-order valence-corrected chi connectivity index (χ0v) is 7.90. The number of hydrogen-bond donors (Lipinski definition) is 2. The van der Waals surface area contributed by atoms with Crippen molar-refractivity contribution in [1.82, 2.24) is 5.32 Å². The molecule has 0 bridgehead atoms. The van der Waals surface area contributed by atoms with Crippen LogP contribution >= 0.6 is 0 Å². The van der Waals surface area contributed by atoms with Gasteiger partial charge in [0.1, 0.15) is 0 Å². The summed E-state index contributed by atoms with van der Waals surface area (Å²) in [5.74, 6) is -0.526. The van der Waals surface area contributed by atoms with E-state index in [1.165, 1.54) is 0 Å². The third kappa shape index (κ3) is 1.20. The number of likely N-dealkylation sites (N-methyl/N-ethyl adjacent to an activating group) is 1. The summed E-state index contributed by atoms with van der Waals surface area (Å²) >= 11 is 0. The lowest BCUT2D eigenvalue weighted by Gasteiger charge is -2.08.